The van der Waals surface area contributed by atoms with E-state index in [0.717, 1.165) is 53.8 Å². The predicted octanol–water partition coefficient (Wildman–Crippen LogP) is 3.36. The predicted molar refractivity (Wildman–Crippen MR) is 120 cm³/mol. The molecule has 0 N–H and O–H groups in total. The van der Waals surface area contributed by atoms with Crippen LogP contribution in [0.3, 0.4) is 0 Å². The first-order valence-corrected chi connectivity index (χ1v) is 12.1. The fraction of sp³-hybridized carbons (Fsp3) is 0.591. The van der Waals surface area contributed by atoms with Crippen molar-refractivity contribution < 1.29 is 14.3 Å². The van der Waals surface area contributed by atoms with Gasteiger partial charge in [-0.2, -0.15) is 4.37 Å². The maximum absolute atomic E-state index is 13.2. The van der Waals surface area contributed by atoms with Gasteiger partial charge in [0.1, 0.15) is 5.82 Å². The number of aromatic nitrogens is 2. The maximum Gasteiger partial charge on any atom is 0.227 e. The molecule has 5 rings (SSSR count). The molecule has 1 spiro atoms. The Morgan fingerprint density at radius 2 is 1.90 bits per heavy atom. The molecule has 0 saturated carbocycles. The standard InChI is InChI=1S/C22H27ClN4O3S/c23-18-5-3-16(4-6-18)14-19-24-21(31-25-19)27-9-1-2-17(15-27)20(28)26-10-7-22(8-11-26)29-12-13-30-22/h3-6,17H,1-2,7-15H2. The van der Waals surface area contributed by atoms with Gasteiger partial charge in [-0.1, -0.05) is 23.7 Å². The van der Waals surface area contributed by atoms with Gasteiger partial charge in [-0.25, -0.2) is 4.98 Å². The van der Waals surface area contributed by atoms with Gasteiger partial charge in [0, 0.05) is 62.0 Å². The van der Waals surface area contributed by atoms with Gasteiger partial charge >= 0.3 is 0 Å². The summed E-state index contributed by atoms with van der Waals surface area (Å²) < 4.78 is 16.1. The summed E-state index contributed by atoms with van der Waals surface area (Å²) in [5.41, 5.74) is 1.14. The van der Waals surface area contributed by atoms with Crippen LogP contribution in [-0.4, -0.2) is 65.3 Å². The van der Waals surface area contributed by atoms with Crippen LogP contribution in [0.4, 0.5) is 5.13 Å². The molecule has 31 heavy (non-hydrogen) atoms. The van der Waals surface area contributed by atoms with E-state index in [1.807, 2.05) is 29.2 Å². The van der Waals surface area contributed by atoms with Crippen LogP contribution < -0.4 is 4.90 Å². The molecule has 4 heterocycles. The second-order valence-corrected chi connectivity index (χ2v) is 9.68. The fourth-order valence-corrected chi connectivity index (χ4v) is 5.54. The molecule has 0 aliphatic carbocycles. The number of nitrogens with zero attached hydrogens (tertiary/aromatic N) is 4. The van der Waals surface area contributed by atoms with Gasteiger partial charge in [-0.3, -0.25) is 4.79 Å². The summed E-state index contributed by atoms with van der Waals surface area (Å²) in [6.45, 7) is 4.37. The molecule has 3 fully saturated rings. The molecule has 1 atom stereocenters. The summed E-state index contributed by atoms with van der Waals surface area (Å²) in [6, 6.07) is 7.78. The highest BCUT2D eigenvalue weighted by Gasteiger charge is 2.42. The molecule has 7 nitrogen and oxygen atoms in total. The number of benzene rings is 1. The third-order valence-corrected chi connectivity index (χ3v) is 7.49. The summed E-state index contributed by atoms with van der Waals surface area (Å²) in [5, 5.41) is 1.64. The Labute approximate surface area is 191 Å². The van der Waals surface area contributed by atoms with Crippen molar-refractivity contribution in [3.8, 4) is 0 Å². The van der Waals surface area contributed by atoms with E-state index in [0.29, 0.717) is 39.3 Å². The monoisotopic (exact) mass is 462 g/mol. The van der Waals surface area contributed by atoms with Crippen molar-refractivity contribution in [2.75, 3.05) is 44.3 Å². The molecule has 0 bridgehead atoms. The van der Waals surface area contributed by atoms with E-state index in [2.05, 4.69) is 9.27 Å². The number of hydrogen-bond acceptors (Lipinski definition) is 7. The van der Waals surface area contributed by atoms with Crippen molar-refractivity contribution in [1.29, 1.82) is 0 Å². The SMILES string of the molecule is O=C(C1CCCN(c2nc(Cc3ccc(Cl)cc3)ns2)C1)N1CCC2(CC1)OCCO2. The molecule has 166 valence electrons. The molecule has 1 amide bonds. The van der Waals surface area contributed by atoms with Gasteiger partial charge in [0.15, 0.2) is 5.79 Å². The molecule has 1 aromatic carbocycles. The van der Waals surface area contributed by atoms with Gasteiger partial charge < -0.3 is 19.3 Å². The quantitative estimate of drug-likeness (QED) is 0.694. The fourth-order valence-electron chi connectivity index (χ4n) is 4.69. The third kappa shape index (κ3) is 4.72. The molecule has 2 aromatic rings. The van der Waals surface area contributed by atoms with Crippen molar-refractivity contribution in [2.24, 2.45) is 5.92 Å². The maximum atomic E-state index is 13.2. The average molecular weight is 463 g/mol. The molecule has 0 radical (unpaired) electrons. The van der Waals surface area contributed by atoms with Crippen LogP contribution in [0, 0.1) is 5.92 Å². The van der Waals surface area contributed by atoms with Crippen molar-refractivity contribution in [3.63, 3.8) is 0 Å². The summed E-state index contributed by atoms with van der Waals surface area (Å²) in [5.74, 6) is 0.636. The summed E-state index contributed by atoms with van der Waals surface area (Å²) in [6.07, 6.45) is 4.13. The topological polar surface area (TPSA) is 67.8 Å². The minimum atomic E-state index is -0.442. The lowest BCUT2D eigenvalue weighted by atomic mass is 9.95. The van der Waals surface area contributed by atoms with E-state index in [4.69, 9.17) is 26.1 Å². The number of carbonyl (C=O) groups excluding carboxylic acids is 1. The number of carbonyl (C=O) groups is 1. The zero-order valence-corrected chi connectivity index (χ0v) is 19.0. The summed E-state index contributed by atoms with van der Waals surface area (Å²) in [7, 11) is 0. The Bertz CT molecular complexity index is 906. The highest BCUT2D eigenvalue weighted by molar-refractivity contribution is 7.09. The van der Waals surface area contributed by atoms with Crippen LogP contribution >= 0.6 is 23.1 Å². The zero-order chi connectivity index (χ0) is 21.3. The number of rotatable bonds is 4. The van der Waals surface area contributed by atoms with Gasteiger partial charge in [-0.05, 0) is 30.5 Å². The summed E-state index contributed by atoms with van der Waals surface area (Å²) >= 11 is 7.39. The number of piperidine rings is 2. The number of halogens is 1. The van der Waals surface area contributed by atoms with E-state index in [1.54, 1.807) is 0 Å². The van der Waals surface area contributed by atoms with Gasteiger partial charge in [0.2, 0.25) is 11.0 Å². The molecular weight excluding hydrogens is 436 g/mol. The van der Waals surface area contributed by atoms with Crippen LogP contribution in [0.1, 0.15) is 37.1 Å². The van der Waals surface area contributed by atoms with Gasteiger partial charge in [-0.15, -0.1) is 0 Å². The Hall–Kier alpha value is -1.74. The first-order chi connectivity index (χ1) is 15.1. The zero-order valence-electron chi connectivity index (χ0n) is 17.5. The minimum absolute atomic E-state index is 0.0110. The van der Waals surface area contributed by atoms with Crippen LogP contribution in [0.5, 0.6) is 0 Å². The lowest BCUT2D eigenvalue weighted by molar-refractivity contribution is -0.188. The van der Waals surface area contributed by atoms with Gasteiger partial charge in [0.25, 0.3) is 0 Å². The van der Waals surface area contributed by atoms with Crippen LogP contribution in [0.15, 0.2) is 24.3 Å². The second kappa shape index (κ2) is 9.02. The molecule has 3 aliphatic rings. The smallest absolute Gasteiger partial charge is 0.227 e. The van der Waals surface area contributed by atoms with E-state index >= 15 is 0 Å². The normalized spacial score (nSPS) is 23.5. The molecule has 1 aromatic heterocycles. The third-order valence-electron chi connectivity index (χ3n) is 6.42. The van der Waals surface area contributed by atoms with E-state index in [9.17, 15) is 4.79 Å². The number of hydrogen-bond donors (Lipinski definition) is 0. The first-order valence-electron chi connectivity index (χ1n) is 11.0. The molecule has 3 aliphatic heterocycles. The highest BCUT2D eigenvalue weighted by atomic mass is 35.5. The summed E-state index contributed by atoms with van der Waals surface area (Å²) in [4.78, 5) is 22.2. The van der Waals surface area contributed by atoms with Crippen molar-refractivity contribution in [1.82, 2.24) is 14.3 Å². The number of anilines is 1. The number of likely N-dealkylation sites (tertiary alicyclic amines) is 1. The van der Waals surface area contributed by atoms with Crippen LogP contribution in [-0.2, 0) is 20.7 Å². The average Bonchev–Trinajstić information content (AvgIpc) is 3.46. The van der Waals surface area contributed by atoms with Crippen molar-refractivity contribution in [3.05, 3.63) is 40.7 Å². The molecule has 3 saturated heterocycles. The second-order valence-electron chi connectivity index (χ2n) is 8.51. The van der Waals surface area contributed by atoms with E-state index < -0.39 is 5.79 Å². The molecule has 1 unspecified atom stereocenters. The lowest BCUT2D eigenvalue weighted by Gasteiger charge is -2.40. The number of ether oxygens (including phenoxy) is 2. The molecular formula is C22H27ClN4O3S. The Balaban J connectivity index is 1.18. The van der Waals surface area contributed by atoms with E-state index in [1.165, 1.54) is 11.5 Å². The Kier molecular flexibility index (Phi) is 6.14. The van der Waals surface area contributed by atoms with Crippen LogP contribution in [0.25, 0.3) is 0 Å². The van der Waals surface area contributed by atoms with Crippen molar-refractivity contribution >= 4 is 34.2 Å². The lowest BCUT2D eigenvalue weighted by Crippen LogP contribution is -2.51. The Morgan fingerprint density at radius 3 is 2.65 bits per heavy atom. The van der Waals surface area contributed by atoms with E-state index in [-0.39, 0.29) is 11.8 Å². The van der Waals surface area contributed by atoms with Crippen LogP contribution in [0.2, 0.25) is 5.02 Å². The highest BCUT2D eigenvalue weighted by Crippen LogP contribution is 2.33. The number of amides is 1. The Morgan fingerprint density at radius 1 is 1.16 bits per heavy atom. The van der Waals surface area contributed by atoms with Gasteiger partial charge in [0.05, 0.1) is 19.1 Å². The van der Waals surface area contributed by atoms with Crippen molar-refractivity contribution in [2.45, 2.75) is 37.9 Å². The largest absolute Gasteiger partial charge is 0.347 e. The minimum Gasteiger partial charge on any atom is -0.347 e. The molecule has 9 heteroatoms. The first kappa shape index (κ1) is 21.1.